The summed E-state index contributed by atoms with van der Waals surface area (Å²) in [5.74, 6) is 1.84. The Balaban J connectivity index is 1.66. The standard InChI is InChI=1S/C16H14BrNOS/c17-14-4-8-16(9-5-14)20-11-1-10-19-15-6-2-13(12-18)3-7-15/h2-9H,1,10-11H2. The molecular weight excluding hydrogens is 334 g/mol. The maximum Gasteiger partial charge on any atom is 0.119 e. The highest BCUT2D eigenvalue weighted by molar-refractivity contribution is 9.10. The summed E-state index contributed by atoms with van der Waals surface area (Å²) < 4.78 is 6.74. The Bertz CT molecular complexity index is 575. The first-order chi connectivity index (χ1) is 9.78. The Morgan fingerprint density at radius 2 is 1.75 bits per heavy atom. The average molecular weight is 348 g/mol. The molecule has 0 heterocycles. The molecule has 0 atom stereocenters. The van der Waals surface area contributed by atoms with Crippen molar-refractivity contribution in [3.63, 3.8) is 0 Å². The monoisotopic (exact) mass is 347 g/mol. The van der Waals surface area contributed by atoms with Crippen LogP contribution in [-0.2, 0) is 0 Å². The van der Waals surface area contributed by atoms with Crippen molar-refractivity contribution in [1.82, 2.24) is 0 Å². The first-order valence-electron chi connectivity index (χ1n) is 6.29. The Labute approximate surface area is 131 Å². The third kappa shape index (κ3) is 4.92. The predicted octanol–water partition coefficient (Wildman–Crippen LogP) is 4.88. The lowest BCUT2D eigenvalue weighted by Gasteiger charge is -2.06. The van der Waals surface area contributed by atoms with Crippen molar-refractivity contribution in [2.45, 2.75) is 11.3 Å². The number of halogens is 1. The van der Waals surface area contributed by atoms with Crippen LogP contribution in [0.2, 0.25) is 0 Å². The minimum atomic E-state index is 0.656. The zero-order valence-electron chi connectivity index (χ0n) is 10.9. The molecule has 20 heavy (non-hydrogen) atoms. The van der Waals surface area contributed by atoms with Gasteiger partial charge in [-0.1, -0.05) is 15.9 Å². The van der Waals surface area contributed by atoms with Gasteiger partial charge in [0.15, 0.2) is 0 Å². The van der Waals surface area contributed by atoms with Crippen molar-refractivity contribution in [3.05, 3.63) is 58.6 Å². The second-order valence-corrected chi connectivity index (χ2v) is 6.22. The Kier molecular flexibility index (Phi) is 5.97. The molecule has 0 N–H and O–H groups in total. The SMILES string of the molecule is N#Cc1ccc(OCCCSc2ccc(Br)cc2)cc1. The van der Waals surface area contributed by atoms with E-state index in [0.717, 1.165) is 22.4 Å². The third-order valence-corrected chi connectivity index (χ3v) is 4.25. The summed E-state index contributed by atoms with van der Waals surface area (Å²) >= 11 is 5.25. The number of hydrogen-bond donors (Lipinski definition) is 0. The molecule has 0 spiro atoms. The van der Waals surface area contributed by atoms with Crippen molar-refractivity contribution in [3.8, 4) is 11.8 Å². The van der Waals surface area contributed by atoms with E-state index in [0.29, 0.717) is 12.2 Å². The highest BCUT2D eigenvalue weighted by Crippen LogP contribution is 2.21. The molecule has 0 saturated carbocycles. The van der Waals surface area contributed by atoms with Gasteiger partial charge in [0, 0.05) is 15.1 Å². The van der Waals surface area contributed by atoms with Gasteiger partial charge in [-0.25, -0.2) is 0 Å². The van der Waals surface area contributed by atoms with Crippen molar-refractivity contribution < 1.29 is 4.74 Å². The number of nitrogens with zero attached hydrogens (tertiary/aromatic N) is 1. The van der Waals surface area contributed by atoms with Gasteiger partial charge in [0.25, 0.3) is 0 Å². The third-order valence-electron chi connectivity index (χ3n) is 2.62. The summed E-state index contributed by atoms with van der Waals surface area (Å²) in [6.07, 6.45) is 0.987. The number of nitriles is 1. The average Bonchev–Trinajstić information content (AvgIpc) is 2.49. The molecule has 2 aromatic rings. The summed E-state index contributed by atoms with van der Waals surface area (Å²) in [6, 6.07) is 17.6. The van der Waals surface area contributed by atoms with Gasteiger partial charge < -0.3 is 4.74 Å². The van der Waals surface area contributed by atoms with Crippen LogP contribution >= 0.6 is 27.7 Å². The van der Waals surface area contributed by atoms with Gasteiger partial charge in [-0.05, 0) is 55.0 Å². The van der Waals surface area contributed by atoms with E-state index in [9.17, 15) is 0 Å². The largest absolute Gasteiger partial charge is 0.494 e. The first-order valence-corrected chi connectivity index (χ1v) is 8.07. The first kappa shape index (κ1) is 15.0. The molecule has 2 rings (SSSR count). The molecule has 0 amide bonds. The summed E-state index contributed by atoms with van der Waals surface area (Å²) in [5, 5.41) is 8.70. The number of benzene rings is 2. The summed E-state index contributed by atoms with van der Waals surface area (Å²) in [5.41, 5.74) is 0.656. The van der Waals surface area contributed by atoms with Crippen LogP contribution in [0.25, 0.3) is 0 Å². The van der Waals surface area contributed by atoms with Gasteiger partial charge in [0.1, 0.15) is 5.75 Å². The molecule has 0 radical (unpaired) electrons. The van der Waals surface area contributed by atoms with Crippen molar-refractivity contribution >= 4 is 27.7 Å². The summed E-state index contributed by atoms with van der Waals surface area (Å²) in [4.78, 5) is 1.27. The maximum atomic E-state index is 8.70. The number of thioether (sulfide) groups is 1. The molecule has 0 aliphatic carbocycles. The molecular formula is C16H14BrNOS. The van der Waals surface area contributed by atoms with Crippen LogP contribution in [0.4, 0.5) is 0 Å². The zero-order chi connectivity index (χ0) is 14.2. The molecule has 4 heteroatoms. The maximum absolute atomic E-state index is 8.70. The number of ether oxygens (including phenoxy) is 1. The fourth-order valence-corrected chi connectivity index (χ4v) is 2.69. The molecule has 0 aliphatic heterocycles. The number of hydrogen-bond acceptors (Lipinski definition) is 3. The smallest absolute Gasteiger partial charge is 0.119 e. The lowest BCUT2D eigenvalue weighted by molar-refractivity contribution is 0.318. The predicted molar refractivity (Wildman–Crippen MR) is 86.1 cm³/mol. The minimum Gasteiger partial charge on any atom is -0.494 e. The van der Waals surface area contributed by atoms with Gasteiger partial charge in [-0.15, -0.1) is 11.8 Å². The molecule has 0 unspecified atom stereocenters. The molecule has 0 bridgehead atoms. The number of rotatable bonds is 6. The van der Waals surface area contributed by atoms with Crippen LogP contribution in [0.15, 0.2) is 57.9 Å². The Morgan fingerprint density at radius 1 is 1.05 bits per heavy atom. The summed E-state index contributed by atoms with van der Waals surface area (Å²) in [7, 11) is 0. The van der Waals surface area contributed by atoms with E-state index in [2.05, 4.69) is 46.3 Å². The van der Waals surface area contributed by atoms with Crippen LogP contribution in [0, 0.1) is 11.3 Å². The van der Waals surface area contributed by atoms with Crippen LogP contribution in [0.3, 0.4) is 0 Å². The summed E-state index contributed by atoms with van der Waals surface area (Å²) in [6.45, 7) is 0.690. The van der Waals surface area contributed by atoms with E-state index in [1.807, 2.05) is 23.9 Å². The lowest BCUT2D eigenvalue weighted by atomic mass is 10.2. The molecule has 102 valence electrons. The second-order valence-electron chi connectivity index (χ2n) is 4.14. The van der Waals surface area contributed by atoms with Crippen molar-refractivity contribution in [2.75, 3.05) is 12.4 Å². The fraction of sp³-hybridized carbons (Fsp3) is 0.188. The fourth-order valence-electron chi connectivity index (χ4n) is 1.60. The molecule has 0 aromatic heterocycles. The van der Waals surface area contributed by atoms with Crippen LogP contribution < -0.4 is 4.74 Å². The topological polar surface area (TPSA) is 33.0 Å². The van der Waals surface area contributed by atoms with Crippen molar-refractivity contribution in [1.29, 1.82) is 5.26 Å². The molecule has 0 saturated heterocycles. The lowest BCUT2D eigenvalue weighted by Crippen LogP contribution is -1.98. The van der Waals surface area contributed by atoms with E-state index in [1.54, 1.807) is 12.1 Å². The molecule has 2 nitrogen and oxygen atoms in total. The van der Waals surface area contributed by atoms with E-state index in [-0.39, 0.29) is 0 Å². The van der Waals surface area contributed by atoms with Crippen LogP contribution in [-0.4, -0.2) is 12.4 Å². The Hall–Kier alpha value is -1.44. The van der Waals surface area contributed by atoms with Gasteiger partial charge in [0.05, 0.1) is 18.2 Å². The van der Waals surface area contributed by atoms with E-state index in [4.69, 9.17) is 10.00 Å². The Morgan fingerprint density at radius 3 is 2.40 bits per heavy atom. The molecule has 2 aromatic carbocycles. The zero-order valence-corrected chi connectivity index (χ0v) is 13.3. The molecule has 0 aliphatic rings. The second kappa shape index (κ2) is 7.98. The van der Waals surface area contributed by atoms with E-state index < -0.39 is 0 Å². The van der Waals surface area contributed by atoms with Crippen LogP contribution in [0.1, 0.15) is 12.0 Å². The van der Waals surface area contributed by atoms with Gasteiger partial charge in [-0.2, -0.15) is 5.26 Å². The highest BCUT2D eigenvalue weighted by Gasteiger charge is 1.97. The quantitative estimate of drug-likeness (QED) is 0.551. The van der Waals surface area contributed by atoms with Gasteiger partial charge in [0.2, 0.25) is 0 Å². The van der Waals surface area contributed by atoms with Gasteiger partial charge in [-0.3, -0.25) is 0 Å². The van der Waals surface area contributed by atoms with E-state index >= 15 is 0 Å². The van der Waals surface area contributed by atoms with Crippen molar-refractivity contribution in [2.24, 2.45) is 0 Å². The van der Waals surface area contributed by atoms with Crippen LogP contribution in [0.5, 0.6) is 5.75 Å². The highest BCUT2D eigenvalue weighted by atomic mass is 79.9. The normalized spacial score (nSPS) is 10.0. The minimum absolute atomic E-state index is 0.656. The van der Waals surface area contributed by atoms with E-state index in [1.165, 1.54) is 4.90 Å². The van der Waals surface area contributed by atoms with Gasteiger partial charge >= 0.3 is 0 Å². The molecule has 0 fully saturated rings.